The van der Waals surface area contributed by atoms with Crippen molar-refractivity contribution in [2.45, 2.75) is 6.92 Å². The van der Waals surface area contributed by atoms with Crippen LogP contribution in [0.4, 0.5) is 11.5 Å². The molecular formula is C11H14N4. The first-order valence-corrected chi connectivity index (χ1v) is 4.52. The predicted octanol–water partition coefficient (Wildman–Crippen LogP) is 1.64. The Balaban J connectivity index is 0.000000151. The van der Waals surface area contributed by atoms with Gasteiger partial charge in [-0.25, -0.2) is 4.98 Å². The van der Waals surface area contributed by atoms with Crippen LogP contribution in [0.3, 0.4) is 0 Å². The maximum Gasteiger partial charge on any atom is 0.146 e. The largest absolute Gasteiger partial charge is 0.396 e. The van der Waals surface area contributed by atoms with Crippen LogP contribution < -0.4 is 11.5 Å². The van der Waals surface area contributed by atoms with Gasteiger partial charge in [0.1, 0.15) is 5.82 Å². The number of aromatic nitrogens is 2. The summed E-state index contributed by atoms with van der Waals surface area (Å²) < 4.78 is 0. The molecule has 0 fully saturated rings. The molecule has 0 spiro atoms. The van der Waals surface area contributed by atoms with Gasteiger partial charge in [0.15, 0.2) is 0 Å². The van der Waals surface area contributed by atoms with E-state index < -0.39 is 0 Å². The number of aryl methyl sites for hydroxylation is 1. The van der Waals surface area contributed by atoms with Crippen molar-refractivity contribution in [3.8, 4) is 0 Å². The Labute approximate surface area is 89.0 Å². The lowest BCUT2D eigenvalue weighted by atomic mass is 10.3. The number of hydrogen-bond donors (Lipinski definition) is 2. The number of pyridine rings is 2. The smallest absolute Gasteiger partial charge is 0.146 e. The third kappa shape index (κ3) is 4.08. The minimum Gasteiger partial charge on any atom is -0.396 e. The second kappa shape index (κ2) is 5.59. The minimum atomic E-state index is 0.396. The van der Waals surface area contributed by atoms with Gasteiger partial charge in [-0.2, -0.15) is 0 Å². The van der Waals surface area contributed by atoms with E-state index in [1.165, 1.54) is 5.56 Å². The zero-order chi connectivity index (χ0) is 11.1. The normalized spacial score (nSPS) is 8.87. The molecule has 0 unspecified atom stereocenters. The summed E-state index contributed by atoms with van der Waals surface area (Å²) in [6.07, 6.45) is 5.18. The number of nitrogens with two attached hydrogens (primary N) is 2. The van der Waals surface area contributed by atoms with Crippen molar-refractivity contribution in [2.24, 2.45) is 0 Å². The lowest BCUT2D eigenvalue weighted by molar-refractivity contribution is 1.29. The van der Waals surface area contributed by atoms with Gasteiger partial charge >= 0.3 is 0 Å². The average molecular weight is 202 g/mol. The maximum atomic E-state index is 5.33. The molecule has 0 aliphatic heterocycles. The van der Waals surface area contributed by atoms with Gasteiger partial charge in [0.2, 0.25) is 0 Å². The summed E-state index contributed by atoms with van der Waals surface area (Å²) in [4.78, 5) is 7.58. The van der Waals surface area contributed by atoms with E-state index in [4.69, 9.17) is 11.5 Å². The van der Waals surface area contributed by atoms with E-state index in [1.54, 1.807) is 30.7 Å². The van der Waals surface area contributed by atoms with Gasteiger partial charge in [0.05, 0.1) is 5.69 Å². The number of hydrogen-bond acceptors (Lipinski definition) is 4. The molecule has 4 heteroatoms. The van der Waals surface area contributed by atoms with Gasteiger partial charge in [-0.3, -0.25) is 4.98 Å². The van der Waals surface area contributed by atoms with E-state index in [1.807, 2.05) is 19.1 Å². The zero-order valence-corrected chi connectivity index (χ0v) is 8.59. The Kier molecular flexibility index (Phi) is 4.09. The monoisotopic (exact) mass is 202 g/mol. The first-order chi connectivity index (χ1) is 7.20. The van der Waals surface area contributed by atoms with E-state index >= 15 is 0 Å². The van der Waals surface area contributed by atoms with Crippen LogP contribution in [0, 0.1) is 6.92 Å². The van der Waals surface area contributed by atoms with Crippen LogP contribution in [-0.2, 0) is 0 Å². The van der Waals surface area contributed by atoms with E-state index in [-0.39, 0.29) is 0 Å². The predicted molar refractivity (Wildman–Crippen MR) is 62.0 cm³/mol. The molecule has 0 aliphatic carbocycles. The van der Waals surface area contributed by atoms with Gasteiger partial charge in [-0.15, -0.1) is 0 Å². The number of rotatable bonds is 0. The molecule has 2 aromatic rings. The second-order valence-electron chi connectivity index (χ2n) is 3.00. The summed E-state index contributed by atoms with van der Waals surface area (Å²) in [5.74, 6) is 0.396. The van der Waals surface area contributed by atoms with Crippen LogP contribution in [0.1, 0.15) is 5.56 Å². The van der Waals surface area contributed by atoms with Crippen LogP contribution in [-0.4, -0.2) is 9.97 Å². The molecular weight excluding hydrogens is 188 g/mol. The molecule has 78 valence electrons. The van der Waals surface area contributed by atoms with Gasteiger partial charge < -0.3 is 11.5 Å². The zero-order valence-electron chi connectivity index (χ0n) is 8.59. The van der Waals surface area contributed by atoms with Crippen LogP contribution >= 0.6 is 0 Å². The van der Waals surface area contributed by atoms with Gasteiger partial charge in [-0.1, -0.05) is 0 Å². The molecule has 15 heavy (non-hydrogen) atoms. The fraction of sp³-hybridized carbons (Fsp3) is 0.0909. The molecule has 2 heterocycles. The lowest BCUT2D eigenvalue weighted by Crippen LogP contribution is -1.95. The molecule has 0 saturated carbocycles. The molecule has 0 aromatic carbocycles. The standard InChI is InChI=1S/C6H7N.C5H7N3/c1-6-2-4-7-5-3-6;6-4-2-1-3-8-5(4)7/h2-5H,1H3;1-3H,6H2,(H2,7,8). The Morgan fingerprint density at radius 2 is 1.67 bits per heavy atom. The third-order valence-corrected chi connectivity index (χ3v) is 1.72. The summed E-state index contributed by atoms with van der Waals surface area (Å²) >= 11 is 0. The van der Waals surface area contributed by atoms with Crippen LogP contribution in [0.2, 0.25) is 0 Å². The van der Waals surface area contributed by atoms with Gasteiger partial charge in [-0.05, 0) is 36.8 Å². The molecule has 0 radical (unpaired) electrons. The van der Waals surface area contributed by atoms with Crippen molar-refractivity contribution in [1.29, 1.82) is 0 Å². The molecule has 4 nitrogen and oxygen atoms in total. The molecule has 0 aliphatic rings. The van der Waals surface area contributed by atoms with E-state index in [2.05, 4.69) is 9.97 Å². The number of nitrogen functional groups attached to an aromatic ring is 2. The Morgan fingerprint density at radius 1 is 1.00 bits per heavy atom. The quantitative estimate of drug-likeness (QED) is 0.680. The van der Waals surface area contributed by atoms with Crippen molar-refractivity contribution in [2.75, 3.05) is 11.5 Å². The summed E-state index contributed by atoms with van der Waals surface area (Å²) in [5, 5.41) is 0. The Morgan fingerprint density at radius 3 is 2.00 bits per heavy atom. The fourth-order valence-corrected chi connectivity index (χ4v) is 0.856. The van der Waals surface area contributed by atoms with Crippen molar-refractivity contribution in [1.82, 2.24) is 9.97 Å². The first kappa shape index (κ1) is 11.0. The maximum absolute atomic E-state index is 5.33. The fourth-order valence-electron chi connectivity index (χ4n) is 0.856. The average Bonchev–Trinajstić information content (AvgIpc) is 2.25. The minimum absolute atomic E-state index is 0.396. The highest BCUT2D eigenvalue weighted by atomic mass is 14.9. The molecule has 2 rings (SSSR count). The van der Waals surface area contributed by atoms with Crippen LogP contribution in [0.15, 0.2) is 42.9 Å². The SMILES string of the molecule is Cc1ccncc1.Nc1cccnc1N. The topological polar surface area (TPSA) is 77.8 Å². The van der Waals surface area contributed by atoms with Crippen LogP contribution in [0.25, 0.3) is 0 Å². The highest BCUT2D eigenvalue weighted by Crippen LogP contribution is 2.06. The number of nitrogens with zero attached hydrogens (tertiary/aromatic N) is 2. The Bertz CT molecular complexity index is 379. The second-order valence-corrected chi connectivity index (χ2v) is 3.00. The molecule has 0 bridgehead atoms. The van der Waals surface area contributed by atoms with Crippen molar-refractivity contribution in [3.63, 3.8) is 0 Å². The molecule has 0 saturated heterocycles. The van der Waals surface area contributed by atoms with Crippen molar-refractivity contribution in [3.05, 3.63) is 48.4 Å². The van der Waals surface area contributed by atoms with Crippen molar-refractivity contribution >= 4 is 11.5 Å². The molecule has 4 N–H and O–H groups in total. The third-order valence-electron chi connectivity index (χ3n) is 1.72. The molecule has 0 amide bonds. The van der Waals surface area contributed by atoms with E-state index in [0.29, 0.717) is 11.5 Å². The molecule has 2 aromatic heterocycles. The highest BCUT2D eigenvalue weighted by Gasteiger charge is 1.87. The lowest BCUT2D eigenvalue weighted by Gasteiger charge is -1.92. The van der Waals surface area contributed by atoms with Crippen molar-refractivity contribution < 1.29 is 0 Å². The van der Waals surface area contributed by atoms with Gasteiger partial charge in [0.25, 0.3) is 0 Å². The number of anilines is 2. The summed E-state index contributed by atoms with van der Waals surface area (Å²) in [6, 6.07) is 7.40. The Hall–Kier alpha value is -2.10. The first-order valence-electron chi connectivity index (χ1n) is 4.52. The van der Waals surface area contributed by atoms with E-state index in [9.17, 15) is 0 Å². The van der Waals surface area contributed by atoms with Crippen LogP contribution in [0.5, 0.6) is 0 Å². The highest BCUT2D eigenvalue weighted by molar-refractivity contribution is 5.56. The summed E-state index contributed by atoms with van der Waals surface area (Å²) in [6.45, 7) is 2.04. The van der Waals surface area contributed by atoms with Gasteiger partial charge in [0, 0.05) is 18.6 Å². The molecule has 0 atom stereocenters. The van der Waals surface area contributed by atoms with E-state index in [0.717, 1.165) is 0 Å². The summed E-state index contributed by atoms with van der Waals surface area (Å²) in [5.41, 5.74) is 12.4. The summed E-state index contributed by atoms with van der Waals surface area (Å²) in [7, 11) is 0.